The van der Waals surface area contributed by atoms with Gasteiger partial charge in [0.05, 0.1) is 11.4 Å². The van der Waals surface area contributed by atoms with Crippen molar-refractivity contribution in [3.8, 4) is 0 Å². The summed E-state index contributed by atoms with van der Waals surface area (Å²) in [5, 5.41) is 16.7. The van der Waals surface area contributed by atoms with Gasteiger partial charge in [-0.1, -0.05) is 0 Å². The van der Waals surface area contributed by atoms with Gasteiger partial charge in [-0.15, -0.1) is 11.3 Å². The number of aromatic nitrogens is 1. The number of rotatable bonds is 6. The molecule has 0 aromatic carbocycles. The molecule has 0 fully saturated rings. The highest BCUT2D eigenvalue weighted by Crippen LogP contribution is 2.08. The number of aryl methyl sites for hydroxylation is 1. The number of carbonyl (C=O) groups is 2. The average molecular weight is 271 g/mol. The van der Waals surface area contributed by atoms with E-state index in [9.17, 15) is 9.59 Å². The summed E-state index contributed by atoms with van der Waals surface area (Å²) in [6.07, 6.45) is 0.596. The van der Waals surface area contributed by atoms with Crippen LogP contribution in [0.25, 0.3) is 0 Å². The van der Waals surface area contributed by atoms with Crippen LogP contribution in [0, 0.1) is 6.92 Å². The number of nitrogens with one attached hydrogen (secondary N) is 2. The number of carboxylic acid groups (broad SMARTS) is 1. The van der Waals surface area contributed by atoms with Crippen molar-refractivity contribution >= 4 is 23.3 Å². The minimum absolute atomic E-state index is 0.0842. The van der Waals surface area contributed by atoms with Crippen molar-refractivity contribution < 1.29 is 14.7 Å². The maximum absolute atomic E-state index is 11.4. The Labute approximate surface area is 109 Å². The summed E-state index contributed by atoms with van der Waals surface area (Å²) in [5.74, 6) is -0.930. The molecule has 0 radical (unpaired) electrons. The predicted molar refractivity (Wildman–Crippen MR) is 68.8 cm³/mol. The summed E-state index contributed by atoms with van der Waals surface area (Å²) in [6, 6.07) is -0.735. The molecule has 1 unspecified atom stereocenters. The maximum Gasteiger partial charge on any atom is 0.315 e. The lowest BCUT2D eigenvalue weighted by molar-refractivity contribution is -0.137. The first-order valence-electron chi connectivity index (χ1n) is 5.64. The molecule has 100 valence electrons. The fourth-order valence-electron chi connectivity index (χ4n) is 1.39. The highest BCUT2D eigenvalue weighted by atomic mass is 32.1. The minimum atomic E-state index is -0.930. The molecule has 18 heavy (non-hydrogen) atoms. The topological polar surface area (TPSA) is 91.3 Å². The Morgan fingerprint density at radius 2 is 2.28 bits per heavy atom. The van der Waals surface area contributed by atoms with E-state index < -0.39 is 5.97 Å². The van der Waals surface area contributed by atoms with E-state index in [1.807, 2.05) is 12.3 Å². The number of thiazole rings is 1. The second-order valence-corrected chi connectivity index (χ2v) is 4.97. The van der Waals surface area contributed by atoms with Crippen LogP contribution >= 0.6 is 11.3 Å². The van der Waals surface area contributed by atoms with Gasteiger partial charge >= 0.3 is 12.0 Å². The van der Waals surface area contributed by atoms with E-state index in [-0.39, 0.29) is 18.5 Å². The summed E-state index contributed by atoms with van der Waals surface area (Å²) in [5.41, 5.74) is 0.981. The summed E-state index contributed by atoms with van der Waals surface area (Å²) in [7, 11) is 0. The molecule has 0 saturated heterocycles. The van der Waals surface area contributed by atoms with Gasteiger partial charge in [-0.25, -0.2) is 9.78 Å². The monoisotopic (exact) mass is 271 g/mol. The molecule has 1 heterocycles. The van der Waals surface area contributed by atoms with Crippen molar-refractivity contribution in [2.24, 2.45) is 0 Å². The third-order valence-corrected chi connectivity index (χ3v) is 3.18. The molecule has 0 spiro atoms. The van der Waals surface area contributed by atoms with Gasteiger partial charge in [0.1, 0.15) is 0 Å². The lowest BCUT2D eigenvalue weighted by atomic mass is 10.2. The second kappa shape index (κ2) is 6.95. The van der Waals surface area contributed by atoms with Crippen molar-refractivity contribution in [2.45, 2.75) is 32.7 Å². The van der Waals surface area contributed by atoms with Crippen LogP contribution in [0.5, 0.6) is 0 Å². The first-order valence-corrected chi connectivity index (χ1v) is 6.52. The molecule has 1 rings (SSSR count). The van der Waals surface area contributed by atoms with Crippen LogP contribution in [0.4, 0.5) is 4.79 Å². The number of urea groups is 1. The zero-order valence-electron chi connectivity index (χ0n) is 10.4. The Morgan fingerprint density at radius 1 is 1.56 bits per heavy atom. The van der Waals surface area contributed by atoms with Gasteiger partial charge in [0.25, 0.3) is 0 Å². The van der Waals surface area contributed by atoms with Gasteiger partial charge in [0, 0.05) is 30.1 Å². The Morgan fingerprint density at radius 3 is 2.83 bits per heavy atom. The van der Waals surface area contributed by atoms with Crippen molar-refractivity contribution in [3.05, 3.63) is 16.1 Å². The Balaban J connectivity index is 2.19. The molecule has 0 aliphatic heterocycles. The van der Waals surface area contributed by atoms with Crippen molar-refractivity contribution in [1.82, 2.24) is 15.6 Å². The molecule has 3 N–H and O–H groups in total. The molecule has 0 bridgehead atoms. The van der Waals surface area contributed by atoms with Gasteiger partial charge in [0.15, 0.2) is 0 Å². The van der Waals surface area contributed by atoms with Crippen molar-refractivity contribution in [3.63, 3.8) is 0 Å². The van der Waals surface area contributed by atoms with E-state index in [4.69, 9.17) is 5.11 Å². The molecule has 1 atom stereocenters. The fourth-order valence-corrected chi connectivity index (χ4v) is 2.16. The molecular formula is C11H17N3O3S. The van der Waals surface area contributed by atoms with Crippen LogP contribution < -0.4 is 10.6 Å². The van der Waals surface area contributed by atoms with Gasteiger partial charge in [-0.2, -0.15) is 0 Å². The van der Waals surface area contributed by atoms with Crippen molar-refractivity contribution in [1.29, 1.82) is 0 Å². The summed E-state index contributed by atoms with van der Waals surface area (Å²) in [6.45, 7) is 4.06. The van der Waals surface area contributed by atoms with Crippen LogP contribution in [0.3, 0.4) is 0 Å². The van der Waals surface area contributed by atoms with E-state index in [0.717, 1.165) is 10.7 Å². The molecule has 6 nitrogen and oxygen atoms in total. The van der Waals surface area contributed by atoms with Crippen LogP contribution in [0.15, 0.2) is 5.38 Å². The summed E-state index contributed by atoms with van der Waals surface area (Å²) < 4.78 is 0. The first-order chi connectivity index (χ1) is 8.47. The lowest BCUT2D eigenvalue weighted by Crippen LogP contribution is -2.42. The smallest absolute Gasteiger partial charge is 0.315 e. The third kappa shape index (κ3) is 5.62. The Bertz CT molecular complexity index is 419. The normalized spacial score (nSPS) is 11.9. The quantitative estimate of drug-likeness (QED) is 0.724. The molecule has 2 amide bonds. The van der Waals surface area contributed by atoms with Crippen LogP contribution in [-0.2, 0) is 11.2 Å². The Hall–Kier alpha value is -1.63. The number of aliphatic carboxylic acids is 1. The lowest BCUT2D eigenvalue weighted by Gasteiger charge is -2.12. The minimum Gasteiger partial charge on any atom is -0.481 e. The van der Waals surface area contributed by atoms with Gasteiger partial charge in [-0.05, 0) is 13.8 Å². The molecule has 7 heteroatoms. The molecule has 1 aromatic rings. The zero-order valence-corrected chi connectivity index (χ0v) is 11.2. The summed E-state index contributed by atoms with van der Waals surface area (Å²) >= 11 is 1.56. The highest BCUT2D eigenvalue weighted by molar-refractivity contribution is 7.09. The largest absolute Gasteiger partial charge is 0.481 e. The number of amides is 2. The molecule has 1 aromatic heterocycles. The average Bonchev–Trinajstić information content (AvgIpc) is 2.62. The van der Waals surface area contributed by atoms with Crippen LogP contribution in [0.2, 0.25) is 0 Å². The van der Waals surface area contributed by atoms with E-state index >= 15 is 0 Å². The SMILES string of the molecule is Cc1csc(CCNC(=O)NC(C)CC(=O)O)n1. The fraction of sp³-hybridized carbons (Fsp3) is 0.545. The number of hydrogen-bond donors (Lipinski definition) is 3. The molecule has 0 aliphatic rings. The Kier molecular flexibility index (Phi) is 5.57. The molecule has 0 aliphatic carbocycles. The van der Waals surface area contributed by atoms with Crippen molar-refractivity contribution in [2.75, 3.05) is 6.54 Å². The van der Waals surface area contributed by atoms with Crippen LogP contribution in [-0.4, -0.2) is 34.7 Å². The van der Waals surface area contributed by atoms with Gasteiger partial charge in [0.2, 0.25) is 0 Å². The van der Waals surface area contributed by atoms with Gasteiger partial charge < -0.3 is 15.7 Å². The standard InChI is InChI=1S/C11H17N3O3S/c1-7(5-10(15)16)14-11(17)12-4-3-9-13-8(2)6-18-9/h6-7H,3-5H2,1-2H3,(H,15,16)(H2,12,14,17). The number of carboxylic acids is 1. The highest BCUT2D eigenvalue weighted by Gasteiger charge is 2.10. The molecular weight excluding hydrogens is 254 g/mol. The number of hydrogen-bond acceptors (Lipinski definition) is 4. The zero-order chi connectivity index (χ0) is 13.5. The van der Waals surface area contributed by atoms with E-state index in [1.54, 1.807) is 18.3 Å². The van der Waals surface area contributed by atoms with Crippen LogP contribution in [0.1, 0.15) is 24.0 Å². The molecule has 0 saturated carbocycles. The maximum atomic E-state index is 11.4. The number of carbonyl (C=O) groups excluding carboxylic acids is 1. The third-order valence-electron chi connectivity index (χ3n) is 2.15. The van der Waals surface area contributed by atoms with E-state index in [1.165, 1.54) is 0 Å². The second-order valence-electron chi connectivity index (χ2n) is 4.03. The summed E-state index contributed by atoms with van der Waals surface area (Å²) in [4.78, 5) is 26.1. The van der Waals surface area contributed by atoms with Gasteiger partial charge in [-0.3, -0.25) is 4.79 Å². The first kappa shape index (κ1) is 14.4. The van der Waals surface area contributed by atoms with E-state index in [2.05, 4.69) is 15.6 Å². The predicted octanol–water partition coefficient (Wildman–Crippen LogP) is 1.16. The van der Waals surface area contributed by atoms with E-state index in [0.29, 0.717) is 13.0 Å². The number of nitrogens with zero attached hydrogens (tertiary/aromatic N) is 1.